The van der Waals surface area contributed by atoms with Gasteiger partial charge in [-0.2, -0.15) is 0 Å². The molecule has 0 unspecified atom stereocenters. The summed E-state index contributed by atoms with van der Waals surface area (Å²) >= 11 is 0. The second-order valence-corrected chi connectivity index (χ2v) is 7.66. The highest BCUT2D eigenvalue weighted by Gasteiger charge is 2.25. The smallest absolute Gasteiger partial charge is 0.253 e. The lowest BCUT2D eigenvalue weighted by Crippen LogP contribution is -2.39. The zero-order valence-electron chi connectivity index (χ0n) is 15.3. The molecule has 2 aliphatic rings. The van der Waals surface area contributed by atoms with Crippen LogP contribution in [0.5, 0.6) is 0 Å². The van der Waals surface area contributed by atoms with Gasteiger partial charge in [0, 0.05) is 31.1 Å². The third-order valence-electron chi connectivity index (χ3n) is 5.78. The molecule has 4 heteroatoms. The maximum absolute atomic E-state index is 12.5. The van der Waals surface area contributed by atoms with E-state index in [4.69, 9.17) is 0 Å². The van der Waals surface area contributed by atoms with E-state index in [1.165, 1.54) is 18.4 Å². The number of likely N-dealkylation sites (tertiary alicyclic amines) is 1. The van der Waals surface area contributed by atoms with Crippen molar-refractivity contribution in [2.45, 2.75) is 51.9 Å². The number of aryl methyl sites for hydroxylation is 1. The molecular formula is C21H30N2O2. The van der Waals surface area contributed by atoms with E-state index in [0.717, 1.165) is 57.3 Å². The molecule has 3 rings (SSSR count). The van der Waals surface area contributed by atoms with Crippen molar-refractivity contribution >= 4 is 11.8 Å². The monoisotopic (exact) mass is 342 g/mol. The highest BCUT2D eigenvalue weighted by molar-refractivity contribution is 5.94. The number of rotatable bonds is 5. The molecule has 0 aromatic heterocycles. The van der Waals surface area contributed by atoms with Crippen LogP contribution in [0.15, 0.2) is 24.3 Å². The SMILES string of the molecule is Cc1ccc(C(=O)N2CCC(CCNC(=O)C3CCCC3)CC2)cc1. The van der Waals surface area contributed by atoms with E-state index in [1.54, 1.807) is 0 Å². The molecule has 0 bridgehead atoms. The van der Waals surface area contributed by atoms with Gasteiger partial charge in [0.05, 0.1) is 0 Å². The van der Waals surface area contributed by atoms with Crippen LogP contribution in [-0.4, -0.2) is 36.3 Å². The molecule has 1 saturated carbocycles. The minimum Gasteiger partial charge on any atom is -0.356 e. The number of carbonyl (C=O) groups is 2. The van der Waals surface area contributed by atoms with Crippen LogP contribution >= 0.6 is 0 Å². The summed E-state index contributed by atoms with van der Waals surface area (Å²) in [6.45, 7) is 4.47. The zero-order chi connectivity index (χ0) is 17.6. The first-order valence-electron chi connectivity index (χ1n) is 9.77. The van der Waals surface area contributed by atoms with Gasteiger partial charge in [-0.25, -0.2) is 0 Å². The molecule has 1 heterocycles. The van der Waals surface area contributed by atoms with Gasteiger partial charge in [-0.15, -0.1) is 0 Å². The number of benzene rings is 1. The standard InChI is InChI=1S/C21H30N2O2/c1-16-6-8-19(9-7-16)21(25)23-14-11-17(12-15-23)10-13-22-20(24)18-4-2-3-5-18/h6-9,17-18H,2-5,10-15H2,1H3,(H,22,24). The van der Waals surface area contributed by atoms with Crippen molar-refractivity contribution in [3.05, 3.63) is 35.4 Å². The number of nitrogens with one attached hydrogen (secondary N) is 1. The predicted octanol–water partition coefficient (Wildman–Crippen LogP) is 3.54. The highest BCUT2D eigenvalue weighted by Crippen LogP contribution is 2.25. The first-order chi connectivity index (χ1) is 12.1. The fourth-order valence-electron chi connectivity index (χ4n) is 4.04. The number of carbonyl (C=O) groups excluding carboxylic acids is 2. The Labute approximate surface area is 151 Å². The van der Waals surface area contributed by atoms with Crippen molar-refractivity contribution in [2.75, 3.05) is 19.6 Å². The molecule has 25 heavy (non-hydrogen) atoms. The van der Waals surface area contributed by atoms with Crippen molar-refractivity contribution in [1.29, 1.82) is 0 Å². The zero-order valence-corrected chi connectivity index (χ0v) is 15.3. The molecule has 136 valence electrons. The van der Waals surface area contributed by atoms with Crippen LogP contribution in [0.4, 0.5) is 0 Å². The van der Waals surface area contributed by atoms with E-state index in [2.05, 4.69) is 5.32 Å². The summed E-state index contributed by atoms with van der Waals surface area (Å²) in [6.07, 6.45) is 7.63. The van der Waals surface area contributed by atoms with E-state index in [0.29, 0.717) is 5.92 Å². The lowest BCUT2D eigenvalue weighted by atomic mass is 9.93. The van der Waals surface area contributed by atoms with Crippen molar-refractivity contribution in [3.8, 4) is 0 Å². The summed E-state index contributed by atoms with van der Waals surface area (Å²) in [5, 5.41) is 3.12. The quantitative estimate of drug-likeness (QED) is 0.890. The van der Waals surface area contributed by atoms with Crippen molar-refractivity contribution in [2.24, 2.45) is 11.8 Å². The fourth-order valence-corrected chi connectivity index (χ4v) is 4.04. The number of amides is 2. The van der Waals surface area contributed by atoms with E-state index >= 15 is 0 Å². The van der Waals surface area contributed by atoms with Crippen LogP contribution in [-0.2, 0) is 4.79 Å². The average Bonchev–Trinajstić information content (AvgIpc) is 3.17. The molecule has 2 amide bonds. The molecular weight excluding hydrogens is 312 g/mol. The van der Waals surface area contributed by atoms with Gasteiger partial charge in [0.15, 0.2) is 0 Å². The normalized spacial score (nSPS) is 19.2. The summed E-state index contributed by atoms with van der Waals surface area (Å²) in [6, 6.07) is 7.82. The van der Waals surface area contributed by atoms with Crippen LogP contribution < -0.4 is 5.32 Å². The number of nitrogens with zero attached hydrogens (tertiary/aromatic N) is 1. The minimum absolute atomic E-state index is 0.146. The Morgan fingerprint density at radius 1 is 1.04 bits per heavy atom. The predicted molar refractivity (Wildman–Crippen MR) is 99.4 cm³/mol. The molecule has 0 atom stereocenters. The molecule has 2 fully saturated rings. The molecule has 1 aliphatic heterocycles. The van der Waals surface area contributed by atoms with Crippen LogP contribution in [0, 0.1) is 18.8 Å². The van der Waals surface area contributed by atoms with Crippen LogP contribution in [0.25, 0.3) is 0 Å². The summed E-state index contributed by atoms with van der Waals surface area (Å²) < 4.78 is 0. The molecule has 0 radical (unpaired) electrons. The Balaban J connectivity index is 1.37. The lowest BCUT2D eigenvalue weighted by molar-refractivity contribution is -0.124. The first-order valence-corrected chi connectivity index (χ1v) is 9.77. The van der Waals surface area contributed by atoms with E-state index in [9.17, 15) is 9.59 Å². The number of piperidine rings is 1. The molecule has 1 aromatic rings. The minimum atomic E-state index is 0.146. The fraction of sp³-hybridized carbons (Fsp3) is 0.619. The third kappa shape index (κ3) is 4.83. The lowest BCUT2D eigenvalue weighted by Gasteiger charge is -2.32. The molecule has 1 N–H and O–H groups in total. The van der Waals surface area contributed by atoms with Gasteiger partial charge in [-0.1, -0.05) is 30.5 Å². The van der Waals surface area contributed by atoms with Gasteiger partial charge in [0.25, 0.3) is 5.91 Å². The molecule has 4 nitrogen and oxygen atoms in total. The van der Waals surface area contributed by atoms with Gasteiger partial charge >= 0.3 is 0 Å². The number of hydrogen-bond donors (Lipinski definition) is 1. The van der Waals surface area contributed by atoms with E-state index in [-0.39, 0.29) is 17.7 Å². The Hall–Kier alpha value is -1.84. The van der Waals surface area contributed by atoms with Crippen LogP contribution in [0.2, 0.25) is 0 Å². The van der Waals surface area contributed by atoms with Crippen molar-refractivity contribution in [3.63, 3.8) is 0 Å². The van der Waals surface area contributed by atoms with E-state index < -0.39 is 0 Å². The Morgan fingerprint density at radius 3 is 2.32 bits per heavy atom. The average molecular weight is 342 g/mol. The molecule has 1 aliphatic carbocycles. The Morgan fingerprint density at radius 2 is 1.68 bits per heavy atom. The highest BCUT2D eigenvalue weighted by atomic mass is 16.2. The molecule has 1 aromatic carbocycles. The van der Waals surface area contributed by atoms with Crippen molar-refractivity contribution < 1.29 is 9.59 Å². The van der Waals surface area contributed by atoms with Crippen LogP contribution in [0.3, 0.4) is 0 Å². The molecule has 0 spiro atoms. The first kappa shape index (κ1) is 18.0. The second kappa shape index (κ2) is 8.50. The Bertz CT molecular complexity index is 582. The summed E-state index contributed by atoms with van der Waals surface area (Å²) in [4.78, 5) is 26.6. The third-order valence-corrected chi connectivity index (χ3v) is 5.78. The summed E-state index contributed by atoms with van der Waals surface area (Å²) in [5.41, 5.74) is 1.96. The van der Waals surface area contributed by atoms with E-state index in [1.807, 2.05) is 36.1 Å². The topological polar surface area (TPSA) is 49.4 Å². The number of hydrogen-bond acceptors (Lipinski definition) is 2. The maximum atomic E-state index is 12.5. The van der Waals surface area contributed by atoms with Gasteiger partial charge in [0.2, 0.25) is 5.91 Å². The van der Waals surface area contributed by atoms with Gasteiger partial charge in [0.1, 0.15) is 0 Å². The largest absolute Gasteiger partial charge is 0.356 e. The molecule has 1 saturated heterocycles. The van der Waals surface area contributed by atoms with Gasteiger partial charge < -0.3 is 10.2 Å². The second-order valence-electron chi connectivity index (χ2n) is 7.66. The van der Waals surface area contributed by atoms with Crippen molar-refractivity contribution in [1.82, 2.24) is 10.2 Å². The Kier molecular flexibility index (Phi) is 6.11. The van der Waals surface area contributed by atoms with Gasteiger partial charge in [-0.05, 0) is 57.1 Å². The summed E-state index contributed by atoms with van der Waals surface area (Å²) in [5.74, 6) is 1.28. The summed E-state index contributed by atoms with van der Waals surface area (Å²) in [7, 11) is 0. The maximum Gasteiger partial charge on any atom is 0.253 e. The van der Waals surface area contributed by atoms with Gasteiger partial charge in [-0.3, -0.25) is 9.59 Å². The van der Waals surface area contributed by atoms with Crippen LogP contribution in [0.1, 0.15) is 60.9 Å².